The van der Waals surface area contributed by atoms with E-state index in [4.69, 9.17) is 0 Å². The quantitative estimate of drug-likeness (QED) is 0.858. The van der Waals surface area contributed by atoms with E-state index in [0.717, 1.165) is 17.9 Å². The number of hydrogen-bond acceptors (Lipinski definition) is 3. The predicted octanol–water partition coefficient (Wildman–Crippen LogP) is 4.27. The highest BCUT2D eigenvalue weighted by atomic mass is 15.2. The summed E-state index contributed by atoms with van der Waals surface area (Å²) in [4.78, 5) is 6.45. The molecule has 3 heteroatoms. The number of rotatable bonds is 6. The summed E-state index contributed by atoms with van der Waals surface area (Å²) in [5.41, 5.74) is 3.76. The smallest absolute Gasteiger partial charge is 0.151 e. The van der Waals surface area contributed by atoms with Crippen LogP contribution in [-0.2, 0) is 6.42 Å². The van der Waals surface area contributed by atoms with E-state index in [2.05, 4.69) is 54.5 Å². The van der Waals surface area contributed by atoms with E-state index in [9.17, 15) is 0 Å². The summed E-state index contributed by atoms with van der Waals surface area (Å²) in [6, 6.07) is 13.2. The van der Waals surface area contributed by atoms with E-state index in [1.54, 1.807) is 0 Å². The van der Waals surface area contributed by atoms with E-state index in [0.29, 0.717) is 0 Å². The lowest BCUT2D eigenvalue weighted by molar-refractivity contribution is 0.872. The van der Waals surface area contributed by atoms with Crippen LogP contribution in [-0.4, -0.2) is 19.1 Å². The Morgan fingerprint density at radius 2 is 1.86 bits per heavy atom. The Balaban J connectivity index is 2.12. The molecule has 1 aromatic carbocycles. The van der Waals surface area contributed by atoms with Crippen LogP contribution in [0.1, 0.15) is 37.4 Å². The van der Waals surface area contributed by atoms with Crippen LogP contribution >= 0.6 is 0 Å². The van der Waals surface area contributed by atoms with E-state index in [1.165, 1.54) is 17.5 Å². The molecule has 0 fully saturated rings. The van der Waals surface area contributed by atoms with Crippen LogP contribution in [0.5, 0.6) is 0 Å². The first kappa shape index (κ1) is 15.4. The van der Waals surface area contributed by atoms with Crippen LogP contribution in [0.3, 0.4) is 0 Å². The van der Waals surface area contributed by atoms with Gasteiger partial charge in [-0.3, -0.25) is 0 Å². The maximum Gasteiger partial charge on any atom is 0.151 e. The molecule has 0 radical (unpaired) electrons. The van der Waals surface area contributed by atoms with Gasteiger partial charge in [0, 0.05) is 26.3 Å². The molecule has 1 atom stereocenters. The molecule has 0 saturated heterocycles. The third-order valence-electron chi connectivity index (χ3n) is 3.60. The Kier molecular flexibility index (Phi) is 5.20. The van der Waals surface area contributed by atoms with Crippen molar-refractivity contribution in [2.24, 2.45) is 0 Å². The Morgan fingerprint density at radius 3 is 2.48 bits per heavy atom. The molecule has 0 saturated carbocycles. The summed E-state index contributed by atoms with van der Waals surface area (Å²) >= 11 is 0. The Morgan fingerprint density at radius 1 is 1.14 bits per heavy atom. The topological polar surface area (TPSA) is 28.2 Å². The number of anilines is 2. The van der Waals surface area contributed by atoms with E-state index >= 15 is 0 Å². The zero-order valence-electron chi connectivity index (χ0n) is 13.4. The lowest BCUT2D eigenvalue weighted by atomic mass is 10.0. The van der Waals surface area contributed by atoms with Gasteiger partial charge in [-0.25, -0.2) is 4.98 Å². The lowest BCUT2D eigenvalue weighted by Gasteiger charge is -2.21. The van der Waals surface area contributed by atoms with Gasteiger partial charge in [-0.1, -0.05) is 37.6 Å². The number of nitrogens with one attached hydrogen (secondary N) is 1. The summed E-state index contributed by atoms with van der Waals surface area (Å²) in [5.74, 6) is 0.965. The van der Waals surface area contributed by atoms with Crippen molar-refractivity contribution < 1.29 is 0 Å². The normalized spacial score (nSPS) is 12.0. The van der Waals surface area contributed by atoms with Crippen molar-refractivity contribution >= 4 is 11.5 Å². The van der Waals surface area contributed by atoms with Crippen LogP contribution in [0.15, 0.2) is 42.6 Å². The van der Waals surface area contributed by atoms with Gasteiger partial charge in [0.15, 0.2) is 5.82 Å². The zero-order chi connectivity index (χ0) is 15.2. The van der Waals surface area contributed by atoms with Gasteiger partial charge in [-0.2, -0.15) is 0 Å². The van der Waals surface area contributed by atoms with Crippen molar-refractivity contribution in [2.45, 2.75) is 32.7 Å². The molecule has 0 aliphatic heterocycles. The van der Waals surface area contributed by atoms with Crippen molar-refractivity contribution in [2.75, 3.05) is 24.3 Å². The first-order valence-electron chi connectivity index (χ1n) is 7.59. The van der Waals surface area contributed by atoms with Gasteiger partial charge in [0.1, 0.15) is 0 Å². The fourth-order valence-corrected chi connectivity index (χ4v) is 2.44. The number of aryl methyl sites for hydroxylation is 1. The van der Waals surface area contributed by atoms with Gasteiger partial charge < -0.3 is 10.2 Å². The van der Waals surface area contributed by atoms with Gasteiger partial charge in [0.05, 0.1) is 5.69 Å². The predicted molar refractivity (Wildman–Crippen MR) is 91.0 cm³/mol. The standard InChI is InChI=1S/C18H25N3/c1-5-7-15-9-11-16(12-10-15)14(2)20-17-8-6-13-19-18(17)21(3)4/h6,8-14,20H,5,7H2,1-4H3. The molecule has 2 aromatic rings. The van der Waals surface area contributed by atoms with Crippen molar-refractivity contribution in [3.63, 3.8) is 0 Å². The summed E-state index contributed by atoms with van der Waals surface area (Å²) in [6.07, 6.45) is 4.16. The van der Waals surface area contributed by atoms with Crippen LogP contribution in [0.25, 0.3) is 0 Å². The molecule has 112 valence electrons. The molecule has 1 heterocycles. The maximum atomic E-state index is 4.43. The van der Waals surface area contributed by atoms with Gasteiger partial charge in [-0.15, -0.1) is 0 Å². The number of benzene rings is 1. The first-order chi connectivity index (χ1) is 10.1. The highest BCUT2D eigenvalue weighted by Crippen LogP contribution is 2.26. The van der Waals surface area contributed by atoms with Gasteiger partial charge >= 0.3 is 0 Å². The highest BCUT2D eigenvalue weighted by molar-refractivity contribution is 5.65. The van der Waals surface area contributed by atoms with Crippen molar-refractivity contribution in [3.8, 4) is 0 Å². The number of pyridine rings is 1. The molecular formula is C18H25N3. The summed E-state index contributed by atoms with van der Waals surface area (Å²) in [6.45, 7) is 4.39. The number of nitrogens with zero attached hydrogens (tertiary/aromatic N) is 2. The maximum absolute atomic E-state index is 4.43. The number of aromatic nitrogens is 1. The molecule has 21 heavy (non-hydrogen) atoms. The van der Waals surface area contributed by atoms with E-state index in [-0.39, 0.29) is 6.04 Å². The largest absolute Gasteiger partial charge is 0.376 e. The molecule has 1 unspecified atom stereocenters. The molecule has 3 nitrogen and oxygen atoms in total. The molecule has 0 aliphatic carbocycles. The molecule has 1 aromatic heterocycles. The third-order valence-corrected chi connectivity index (χ3v) is 3.60. The molecule has 0 spiro atoms. The minimum absolute atomic E-state index is 0.253. The average Bonchev–Trinajstić information content (AvgIpc) is 2.48. The van der Waals surface area contributed by atoms with Crippen molar-refractivity contribution in [1.82, 2.24) is 4.98 Å². The summed E-state index contributed by atoms with van der Waals surface area (Å²) < 4.78 is 0. The van der Waals surface area contributed by atoms with Crippen LogP contribution in [0.4, 0.5) is 11.5 Å². The Bertz CT molecular complexity index is 561. The third kappa shape index (κ3) is 3.97. The molecule has 2 rings (SSSR count). The Labute approximate surface area is 128 Å². The van der Waals surface area contributed by atoms with Crippen LogP contribution in [0.2, 0.25) is 0 Å². The fraction of sp³-hybridized carbons (Fsp3) is 0.389. The molecular weight excluding hydrogens is 258 g/mol. The van der Waals surface area contributed by atoms with Gasteiger partial charge in [-0.05, 0) is 36.6 Å². The van der Waals surface area contributed by atoms with Crippen LogP contribution < -0.4 is 10.2 Å². The molecule has 0 amide bonds. The molecule has 0 bridgehead atoms. The second-order valence-corrected chi connectivity index (χ2v) is 5.63. The van der Waals surface area contributed by atoms with Gasteiger partial charge in [0.2, 0.25) is 0 Å². The second-order valence-electron chi connectivity index (χ2n) is 5.63. The fourth-order valence-electron chi connectivity index (χ4n) is 2.44. The SMILES string of the molecule is CCCc1ccc(C(C)Nc2cccnc2N(C)C)cc1. The lowest BCUT2D eigenvalue weighted by Crippen LogP contribution is -2.15. The van der Waals surface area contributed by atoms with Crippen molar-refractivity contribution in [3.05, 3.63) is 53.7 Å². The van der Waals surface area contributed by atoms with Crippen molar-refractivity contribution in [1.29, 1.82) is 0 Å². The monoisotopic (exact) mass is 283 g/mol. The minimum Gasteiger partial charge on any atom is -0.376 e. The molecule has 0 aliphatic rings. The first-order valence-corrected chi connectivity index (χ1v) is 7.59. The highest BCUT2D eigenvalue weighted by Gasteiger charge is 2.10. The van der Waals surface area contributed by atoms with Crippen LogP contribution in [0, 0.1) is 0 Å². The average molecular weight is 283 g/mol. The van der Waals surface area contributed by atoms with Gasteiger partial charge in [0.25, 0.3) is 0 Å². The minimum atomic E-state index is 0.253. The summed E-state index contributed by atoms with van der Waals surface area (Å²) in [5, 5.41) is 3.56. The summed E-state index contributed by atoms with van der Waals surface area (Å²) in [7, 11) is 4.02. The Hall–Kier alpha value is -2.03. The van der Waals surface area contributed by atoms with E-state index < -0.39 is 0 Å². The number of hydrogen-bond donors (Lipinski definition) is 1. The second kappa shape index (κ2) is 7.11. The van der Waals surface area contributed by atoms with E-state index in [1.807, 2.05) is 31.3 Å². The molecule has 1 N–H and O–H groups in total. The zero-order valence-corrected chi connectivity index (χ0v) is 13.4.